The number of carbonyl (C=O) groups excluding carboxylic acids is 1. The number of carbonyl (C=O) groups is 1. The quantitative estimate of drug-likeness (QED) is 0.636. The molecule has 1 amide bonds. The van der Waals surface area contributed by atoms with Gasteiger partial charge in [0.2, 0.25) is 5.91 Å². The van der Waals surface area contributed by atoms with Crippen LogP contribution in [0, 0.1) is 17.3 Å². The molecule has 1 saturated heterocycles. The van der Waals surface area contributed by atoms with Crippen molar-refractivity contribution in [2.45, 2.75) is 63.8 Å². The molecule has 4 heteroatoms. The van der Waals surface area contributed by atoms with Crippen molar-refractivity contribution in [3.8, 4) is 0 Å². The zero-order valence-corrected chi connectivity index (χ0v) is 19.7. The van der Waals surface area contributed by atoms with Crippen LogP contribution in [0.15, 0.2) is 24.3 Å². The van der Waals surface area contributed by atoms with Gasteiger partial charge in [-0.2, -0.15) is 0 Å². The smallest absolute Gasteiger partial charge is 0.226 e. The van der Waals surface area contributed by atoms with E-state index in [-0.39, 0.29) is 0 Å². The van der Waals surface area contributed by atoms with E-state index in [0.717, 1.165) is 26.1 Å². The lowest BCUT2D eigenvalue weighted by molar-refractivity contribution is -0.135. The maximum atomic E-state index is 13.4. The van der Waals surface area contributed by atoms with E-state index >= 15 is 0 Å². The van der Waals surface area contributed by atoms with E-state index < -0.39 is 0 Å². The van der Waals surface area contributed by atoms with Crippen molar-refractivity contribution in [2.75, 3.05) is 46.8 Å². The number of piperidine rings is 1. The van der Waals surface area contributed by atoms with Crippen LogP contribution in [0.5, 0.6) is 0 Å². The van der Waals surface area contributed by atoms with Gasteiger partial charge in [0.25, 0.3) is 0 Å². The predicted molar refractivity (Wildman–Crippen MR) is 126 cm³/mol. The summed E-state index contributed by atoms with van der Waals surface area (Å²) in [5.74, 6) is 1.53. The zero-order valence-electron chi connectivity index (χ0n) is 19.7. The molecule has 31 heavy (non-hydrogen) atoms. The maximum absolute atomic E-state index is 13.4. The van der Waals surface area contributed by atoms with Gasteiger partial charge in [-0.05, 0) is 108 Å². The van der Waals surface area contributed by atoms with E-state index in [2.05, 4.69) is 53.1 Å². The molecule has 2 saturated carbocycles. The standard InChI is InChI=1S/C27H41N3O/c1-28(2)13-6-14-30(26(31)25-19-27(25)11-5-12-27)20-21-9-15-29(16-10-21)24-17-22-7-3-4-8-23(22)18-24/h3-4,7-8,21,24-25H,5-6,9-20H2,1-2H3. The summed E-state index contributed by atoms with van der Waals surface area (Å²) in [4.78, 5) is 20.6. The van der Waals surface area contributed by atoms with Crippen LogP contribution in [0.25, 0.3) is 0 Å². The van der Waals surface area contributed by atoms with Crippen LogP contribution >= 0.6 is 0 Å². The van der Waals surface area contributed by atoms with Crippen molar-refractivity contribution < 1.29 is 4.79 Å². The minimum absolute atomic E-state index is 0.359. The van der Waals surface area contributed by atoms with Gasteiger partial charge in [-0.25, -0.2) is 0 Å². The first-order chi connectivity index (χ1) is 15.0. The molecule has 0 bridgehead atoms. The fourth-order valence-electron chi connectivity index (χ4n) is 6.58. The van der Waals surface area contributed by atoms with Gasteiger partial charge in [-0.3, -0.25) is 9.69 Å². The molecule has 0 radical (unpaired) electrons. The summed E-state index contributed by atoms with van der Waals surface area (Å²) < 4.78 is 0. The maximum Gasteiger partial charge on any atom is 0.226 e. The van der Waals surface area contributed by atoms with E-state index in [1.165, 1.54) is 64.5 Å². The van der Waals surface area contributed by atoms with Crippen LogP contribution in [0.3, 0.4) is 0 Å². The molecule has 1 aromatic rings. The second kappa shape index (κ2) is 8.86. The molecule has 1 spiro atoms. The number of nitrogens with zero attached hydrogens (tertiary/aromatic N) is 3. The van der Waals surface area contributed by atoms with Gasteiger partial charge < -0.3 is 9.80 Å². The third kappa shape index (κ3) is 4.57. The minimum Gasteiger partial charge on any atom is -0.342 e. The van der Waals surface area contributed by atoms with Crippen LogP contribution in [0.4, 0.5) is 0 Å². The third-order valence-corrected chi connectivity index (χ3v) is 8.86. The molecule has 5 rings (SSSR count). The van der Waals surface area contributed by atoms with Gasteiger partial charge in [0.05, 0.1) is 0 Å². The lowest BCUT2D eigenvalue weighted by Crippen LogP contribution is -2.46. The average Bonchev–Trinajstić information content (AvgIpc) is 3.38. The Morgan fingerprint density at radius 1 is 1.06 bits per heavy atom. The molecule has 1 atom stereocenters. The van der Waals surface area contributed by atoms with E-state index in [1.54, 1.807) is 11.1 Å². The molecular formula is C27H41N3O. The molecule has 1 aromatic carbocycles. The SMILES string of the molecule is CN(C)CCCN(CC1CCN(C2Cc3ccccc3C2)CC1)C(=O)C1CC12CCC2. The van der Waals surface area contributed by atoms with E-state index in [1.807, 2.05) is 0 Å². The molecule has 170 valence electrons. The summed E-state index contributed by atoms with van der Waals surface area (Å²) in [6, 6.07) is 9.69. The topological polar surface area (TPSA) is 26.8 Å². The summed E-state index contributed by atoms with van der Waals surface area (Å²) in [5, 5.41) is 0. The normalized spacial score (nSPS) is 25.6. The molecule has 0 N–H and O–H groups in total. The van der Waals surface area contributed by atoms with E-state index in [9.17, 15) is 4.79 Å². The summed E-state index contributed by atoms with van der Waals surface area (Å²) in [5.41, 5.74) is 3.56. The van der Waals surface area contributed by atoms with Gasteiger partial charge in [0.1, 0.15) is 0 Å². The molecule has 3 fully saturated rings. The van der Waals surface area contributed by atoms with Gasteiger partial charge in [0.15, 0.2) is 0 Å². The Bertz CT molecular complexity index is 753. The van der Waals surface area contributed by atoms with Crippen molar-refractivity contribution in [3.05, 3.63) is 35.4 Å². The van der Waals surface area contributed by atoms with Crippen LogP contribution in [0.1, 0.15) is 56.1 Å². The number of hydrogen-bond donors (Lipinski definition) is 0. The first-order valence-corrected chi connectivity index (χ1v) is 12.8. The Balaban J connectivity index is 1.13. The van der Waals surface area contributed by atoms with Gasteiger partial charge in [-0.1, -0.05) is 30.7 Å². The van der Waals surface area contributed by atoms with Gasteiger partial charge in [0, 0.05) is 25.0 Å². The molecule has 1 unspecified atom stereocenters. The summed E-state index contributed by atoms with van der Waals surface area (Å²) in [6.07, 6.45) is 11.2. The van der Waals surface area contributed by atoms with Crippen molar-refractivity contribution in [1.29, 1.82) is 0 Å². The minimum atomic E-state index is 0.359. The Kier molecular flexibility index (Phi) is 6.13. The molecule has 0 aromatic heterocycles. The monoisotopic (exact) mass is 423 g/mol. The third-order valence-electron chi connectivity index (χ3n) is 8.86. The highest BCUT2D eigenvalue weighted by Crippen LogP contribution is 2.66. The molecular weight excluding hydrogens is 382 g/mol. The highest BCUT2D eigenvalue weighted by molar-refractivity contribution is 5.83. The highest BCUT2D eigenvalue weighted by atomic mass is 16.2. The van der Waals surface area contributed by atoms with Gasteiger partial charge >= 0.3 is 0 Å². The Morgan fingerprint density at radius 2 is 1.74 bits per heavy atom. The van der Waals surface area contributed by atoms with E-state index in [4.69, 9.17) is 0 Å². The first kappa shape index (κ1) is 21.5. The molecule has 1 heterocycles. The zero-order chi connectivity index (χ0) is 21.4. The van der Waals surface area contributed by atoms with Crippen molar-refractivity contribution >= 4 is 5.91 Å². The number of rotatable bonds is 8. The van der Waals surface area contributed by atoms with Crippen LogP contribution in [-0.4, -0.2) is 73.5 Å². The average molecular weight is 424 g/mol. The molecule has 3 aliphatic carbocycles. The first-order valence-electron chi connectivity index (χ1n) is 12.8. The summed E-state index contributed by atoms with van der Waals surface area (Å²) in [7, 11) is 4.26. The molecule has 4 nitrogen and oxygen atoms in total. The van der Waals surface area contributed by atoms with Crippen molar-refractivity contribution in [2.24, 2.45) is 17.3 Å². The fraction of sp³-hybridized carbons (Fsp3) is 0.741. The number of amides is 1. The Labute approximate surface area is 189 Å². The van der Waals surface area contributed by atoms with Crippen molar-refractivity contribution in [1.82, 2.24) is 14.7 Å². The van der Waals surface area contributed by atoms with E-state index in [0.29, 0.717) is 29.2 Å². The number of likely N-dealkylation sites (tertiary alicyclic amines) is 1. The Morgan fingerprint density at radius 3 is 2.29 bits per heavy atom. The largest absolute Gasteiger partial charge is 0.342 e. The second-order valence-electron chi connectivity index (χ2n) is 11.2. The van der Waals surface area contributed by atoms with Gasteiger partial charge in [-0.15, -0.1) is 0 Å². The van der Waals surface area contributed by atoms with Crippen LogP contribution in [-0.2, 0) is 17.6 Å². The second-order valence-corrected chi connectivity index (χ2v) is 11.2. The fourth-order valence-corrected chi connectivity index (χ4v) is 6.58. The van der Waals surface area contributed by atoms with Crippen LogP contribution < -0.4 is 0 Å². The number of fused-ring (bicyclic) bond motifs is 1. The number of benzene rings is 1. The Hall–Kier alpha value is -1.39. The summed E-state index contributed by atoms with van der Waals surface area (Å²) >= 11 is 0. The summed E-state index contributed by atoms with van der Waals surface area (Å²) in [6.45, 7) is 5.42. The highest BCUT2D eigenvalue weighted by Gasteiger charge is 2.61. The molecule has 1 aliphatic heterocycles. The number of hydrogen-bond acceptors (Lipinski definition) is 3. The molecule has 4 aliphatic rings. The predicted octanol–water partition coefficient (Wildman–Crippen LogP) is 3.84. The lowest BCUT2D eigenvalue weighted by Gasteiger charge is -2.38. The van der Waals surface area contributed by atoms with Crippen molar-refractivity contribution in [3.63, 3.8) is 0 Å². The lowest BCUT2D eigenvalue weighted by atomic mass is 9.79. The van der Waals surface area contributed by atoms with Crippen LogP contribution in [0.2, 0.25) is 0 Å².